The summed E-state index contributed by atoms with van der Waals surface area (Å²) in [5.41, 5.74) is 18.7. The summed E-state index contributed by atoms with van der Waals surface area (Å²) in [6.07, 6.45) is 19.8. The van der Waals surface area contributed by atoms with Gasteiger partial charge in [-0.25, -0.2) is 0 Å². The molecule has 0 atom stereocenters. The van der Waals surface area contributed by atoms with Crippen LogP contribution in [0.3, 0.4) is 0 Å². The van der Waals surface area contributed by atoms with Crippen LogP contribution in [0, 0.1) is 104 Å². The standard InChI is InChI=1S/C20H26.C20H34.C19H40.C17H36.C16H32.C16H26.C12H26O/c1-19(2,3)17-13-9-7-11-15(17)16-12-8-10-14-18(16)20(4,5)6;1-17(2,3)19(7,8)15-13-11-12-14-16(15)20(9,10)18(4,5)6;1-15(2,3)13-17(7,8)19(11,12)18(9,10)14-16(4,5)6;1-14(2,3)11-16(7,8)13-17(9,10)12-15(4,5)6;1-15(2,3)13-9-7-11-14(12-8-10-13)16(4,5)6;1-15(2,3)11-13-9-7-8-10-14(13)12-16(4,5)6;1-11(2,3)7-9-13-10-8-12(4,5)6/h7-14H,1-6H3;11-14H,1-10H3;13-14H2,1-12H3;11-13H2,1-10H3;13-14H,7-12H2,1-6H3;7-10H,11-12H2,1-6H3;7-10H2,1-6H3. The average Bonchev–Trinajstić information content (AvgIpc) is 0.757. The van der Waals surface area contributed by atoms with Crippen LogP contribution < -0.4 is 0 Å². The highest BCUT2D eigenvalue weighted by atomic mass is 16.5. The van der Waals surface area contributed by atoms with Crippen LogP contribution in [0.5, 0.6) is 0 Å². The highest BCUT2D eigenvalue weighted by Gasteiger charge is 2.50. The van der Waals surface area contributed by atoms with Crippen LogP contribution in [0.25, 0.3) is 11.1 Å². The van der Waals surface area contributed by atoms with Crippen molar-refractivity contribution in [3.63, 3.8) is 0 Å². The third-order valence-corrected chi connectivity index (χ3v) is 27.3. The highest BCUT2D eigenvalue weighted by Crippen LogP contribution is 2.59. The van der Waals surface area contributed by atoms with Crippen molar-refractivity contribution < 1.29 is 4.74 Å². The van der Waals surface area contributed by atoms with E-state index in [9.17, 15) is 0 Å². The Labute approximate surface area is 764 Å². The molecule has 1 saturated carbocycles. The van der Waals surface area contributed by atoms with Crippen molar-refractivity contribution in [3.8, 4) is 11.1 Å². The van der Waals surface area contributed by atoms with Crippen LogP contribution in [0.15, 0.2) is 97.1 Å². The number of benzene rings is 4. The first kappa shape index (κ1) is 120. The predicted molar refractivity (Wildman–Crippen MR) is 556 cm³/mol. The van der Waals surface area contributed by atoms with Crippen molar-refractivity contribution >= 4 is 0 Å². The molecule has 706 valence electrons. The molecule has 1 fully saturated rings. The second-order valence-electron chi connectivity index (χ2n) is 59.2. The molecule has 0 saturated heterocycles. The molecule has 5 rings (SSSR count). The number of ether oxygens (including phenoxy) is 1. The first-order valence-electron chi connectivity index (χ1n) is 49.0. The van der Waals surface area contributed by atoms with Crippen LogP contribution in [0.4, 0.5) is 0 Å². The lowest BCUT2D eigenvalue weighted by molar-refractivity contribution is -0.0614. The highest BCUT2D eigenvalue weighted by molar-refractivity contribution is 5.73. The quantitative estimate of drug-likeness (QED) is 0.0958. The Kier molecular flexibility index (Phi) is 44.5. The van der Waals surface area contributed by atoms with E-state index < -0.39 is 0 Å². The van der Waals surface area contributed by atoms with E-state index in [4.69, 9.17) is 4.74 Å². The monoisotopic (exact) mass is 1680 g/mol. The minimum absolute atomic E-state index is 0.145. The minimum Gasteiger partial charge on any atom is -0.381 e. The van der Waals surface area contributed by atoms with Gasteiger partial charge in [0.2, 0.25) is 0 Å². The van der Waals surface area contributed by atoms with Gasteiger partial charge in [-0.2, -0.15) is 0 Å². The molecule has 0 bridgehead atoms. The summed E-state index contributed by atoms with van der Waals surface area (Å²) in [5, 5.41) is 0. The largest absolute Gasteiger partial charge is 0.381 e. The predicted octanol–water partition coefficient (Wildman–Crippen LogP) is 39.9. The molecule has 121 heavy (non-hydrogen) atoms. The maximum Gasteiger partial charge on any atom is 0.0471 e. The molecule has 1 aliphatic carbocycles. The van der Waals surface area contributed by atoms with Gasteiger partial charge in [-0.3, -0.25) is 0 Å². The van der Waals surface area contributed by atoms with Crippen LogP contribution >= 0.6 is 0 Å². The lowest BCUT2D eigenvalue weighted by Crippen LogP contribution is -2.47. The molecule has 0 aliphatic heterocycles. The fourth-order valence-electron chi connectivity index (χ4n) is 19.6. The molecule has 4 aromatic rings. The minimum atomic E-state index is 0.145. The average molecular weight is 1680 g/mol. The van der Waals surface area contributed by atoms with E-state index >= 15 is 0 Å². The van der Waals surface area contributed by atoms with Gasteiger partial charge in [0.25, 0.3) is 0 Å². The molecule has 1 heteroatoms. The topological polar surface area (TPSA) is 9.23 Å². The lowest BCUT2D eigenvalue weighted by Gasteiger charge is -2.55. The Hall–Kier alpha value is -3.16. The van der Waals surface area contributed by atoms with Crippen molar-refractivity contribution in [2.24, 2.45) is 104 Å². The summed E-state index contributed by atoms with van der Waals surface area (Å²) in [5.74, 6) is 1.90. The summed E-state index contributed by atoms with van der Waals surface area (Å²) in [4.78, 5) is 0. The van der Waals surface area contributed by atoms with Gasteiger partial charge in [0.05, 0.1) is 0 Å². The second kappa shape index (κ2) is 44.9. The number of hydrogen-bond donors (Lipinski definition) is 0. The summed E-state index contributed by atoms with van der Waals surface area (Å²) in [6, 6.07) is 35.5. The fourth-order valence-corrected chi connectivity index (χ4v) is 19.6. The SMILES string of the molecule is CC(C)(C)C(C)(C)c1ccccc1C(C)(C)C(C)(C)C.CC(C)(C)C1CCCC(C(C)(C)C)CCC1.CC(C)(C)CC(C)(C)C(C)(C)C(C)(C)CC(C)(C)C.CC(C)(C)CC(C)(C)CC(C)(C)CC(C)(C)C.CC(C)(C)CCOCCC(C)(C)C.CC(C)(C)Cc1ccccc1CC(C)(C)C.CC(C)(C)c1ccccc1-c1ccccc1C(C)(C)C. The Balaban J connectivity index is 0. The Morgan fingerprint density at radius 3 is 0.686 bits per heavy atom. The molecular weight excluding hydrogens is 1460 g/mol. The number of hydrogen-bond acceptors (Lipinski definition) is 1. The molecule has 1 aliphatic rings. The molecule has 1 nitrogen and oxygen atoms in total. The van der Waals surface area contributed by atoms with Crippen molar-refractivity contribution in [2.75, 3.05) is 13.2 Å². The zero-order chi connectivity index (χ0) is 96.3. The Morgan fingerprint density at radius 1 is 0.248 bits per heavy atom. The van der Waals surface area contributed by atoms with E-state index in [1.165, 1.54) is 128 Å². The molecule has 0 radical (unpaired) electrons. The molecule has 0 aromatic heterocycles. The van der Waals surface area contributed by atoms with E-state index in [-0.39, 0.29) is 32.5 Å². The van der Waals surface area contributed by atoms with Gasteiger partial charge in [0.15, 0.2) is 0 Å². The molecule has 0 unspecified atom stereocenters. The van der Waals surface area contributed by atoms with Gasteiger partial charge in [-0.1, -0.05) is 498 Å². The second-order valence-corrected chi connectivity index (χ2v) is 59.2. The Bertz CT molecular complexity index is 3280. The third kappa shape index (κ3) is 48.2. The first-order valence-corrected chi connectivity index (χ1v) is 49.0. The van der Waals surface area contributed by atoms with Gasteiger partial charge < -0.3 is 4.74 Å². The van der Waals surface area contributed by atoms with Crippen molar-refractivity contribution in [1.82, 2.24) is 0 Å². The third-order valence-electron chi connectivity index (χ3n) is 27.3. The molecular formula is C120H220O. The molecule has 4 aromatic carbocycles. The van der Waals surface area contributed by atoms with Gasteiger partial charge >= 0.3 is 0 Å². The van der Waals surface area contributed by atoms with E-state index in [1.54, 1.807) is 0 Å². The van der Waals surface area contributed by atoms with Crippen LogP contribution in [0.2, 0.25) is 0 Å². The van der Waals surface area contributed by atoms with Crippen LogP contribution in [-0.2, 0) is 39.2 Å². The summed E-state index contributed by atoms with van der Waals surface area (Å²) >= 11 is 0. The molecule has 0 amide bonds. The van der Waals surface area contributed by atoms with Gasteiger partial charge in [0.1, 0.15) is 0 Å². The van der Waals surface area contributed by atoms with Crippen molar-refractivity contribution in [2.45, 2.75) is 506 Å². The zero-order valence-electron chi connectivity index (χ0n) is 93.3. The van der Waals surface area contributed by atoms with E-state index in [0.717, 1.165) is 37.9 Å². The van der Waals surface area contributed by atoms with E-state index in [1.807, 2.05) is 0 Å². The first-order chi connectivity index (χ1) is 53.1. The summed E-state index contributed by atoms with van der Waals surface area (Å²) < 4.78 is 5.59. The van der Waals surface area contributed by atoms with Crippen molar-refractivity contribution in [1.29, 1.82) is 0 Å². The van der Waals surface area contributed by atoms with Gasteiger partial charge in [-0.05, 0) is 254 Å². The number of rotatable bonds is 17. The Morgan fingerprint density at radius 2 is 0.479 bits per heavy atom. The zero-order valence-corrected chi connectivity index (χ0v) is 93.3. The summed E-state index contributed by atoms with van der Waals surface area (Å²) in [7, 11) is 0. The molecule has 0 heterocycles. The van der Waals surface area contributed by atoms with Crippen molar-refractivity contribution in [3.05, 3.63) is 130 Å². The summed E-state index contributed by atoms with van der Waals surface area (Å²) in [6.45, 7) is 134. The normalized spacial score (nSPS) is 16.1. The van der Waals surface area contributed by atoms with Gasteiger partial charge in [0, 0.05) is 13.2 Å². The fraction of sp³-hybridized carbons (Fsp3) is 0.800. The lowest BCUT2D eigenvalue weighted by atomic mass is 9.49. The van der Waals surface area contributed by atoms with Gasteiger partial charge in [-0.15, -0.1) is 0 Å². The maximum absolute atomic E-state index is 5.59. The van der Waals surface area contributed by atoms with E-state index in [0.29, 0.717) is 81.2 Å². The molecule has 0 N–H and O–H groups in total. The van der Waals surface area contributed by atoms with Crippen LogP contribution in [0.1, 0.15) is 505 Å². The maximum atomic E-state index is 5.59. The van der Waals surface area contributed by atoms with Crippen LogP contribution in [-0.4, -0.2) is 13.2 Å². The molecule has 0 spiro atoms. The van der Waals surface area contributed by atoms with E-state index in [2.05, 4.69) is 485 Å². The smallest absolute Gasteiger partial charge is 0.0471 e.